The van der Waals surface area contributed by atoms with Crippen LogP contribution in [0.3, 0.4) is 0 Å². The number of rotatable bonds is 1. The van der Waals surface area contributed by atoms with Crippen LogP contribution in [0.1, 0.15) is 37.8 Å². The summed E-state index contributed by atoms with van der Waals surface area (Å²) in [5.41, 5.74) is -1.17. The van der Waals surface area contributed by atoms with E-state index in [0.717, 1.165) is 6.07 Å². The third kappa shape index (κ3) is 2.11. The number of hydrogen-bond donors (Lipinski definition) is 0. The van der Waals surface area contributed by atoms with Crippen molar-refractivity contribution in [2.24, 2.45) is 0 Å². The van der Waals surface area contributed by atoms with Crippen molar-refractivity contribution in [3.8, 4) is 0 Å². The van der Waals surface area contributed by atoms with Gasteiger partial charge in [-0.15, -0.1) is 0 Å². The van der Waals surface area contributed by atoms with Crippen molar-refractivity contribution >= 4 is 11.6 Å². The Kier molecular flexibility index (Phi) is 3.12. The van der Waals surface area contributed by atoms with Gasteiger partial charge in [0.05, 0.1) is 5.56 Å². The van der Waals surface area contributed by atoms with E-state index in [1.165, 1.54) is 12.1 Å². The molecule has 6 heteroatoms. The summed E-state index contributed by atoms with van der Waals surface area (Å²) in [7, 11) is 0. The van der Waals surface area contributed by atoms with Crippen LogP contribution in [0.15, 0.2) is 42.5 Å². The van der Waals surface area contributed by atoms with Gasteiger partial charge in [-0.1, -0.05) is 30.3 Å². The first-order valence-corrected chi connectivity index (χ1v) is 6.35. The lowest BCUT2D eigenvalue weighted by atomic mass is 9.93. The van der Waals surface area contributed by atoms with Crippen molar-refractivity contribution in [3.05, 3.63) is 70.5 Å². The third-order valence-corrected chi connectivity index (χ3v) is 3.62. The SMILES string of the molecule is O=C1c2ccccc2C(=O)C1c1ccc(C(F)(F)F)cc1F. The molecule has 0 saturated carbocycles. The maximum atomic E-state index is 14.0. The Bertz CT molecular complexity index is 758. The van der Waals surface area contributed by atoms with Gasteiger partial charge in [-0.3, -0.25) is 9.59 Å². The van der Waals surface area contributed by atoms with Crippen LogP contribution >= 0.6 is 0 Å². The summed E-state index contributed by atoms with van der Waals surface area (Å²) < 4.78 is 51.6. The fourth-order valence-electron chi connectivity index (χ4n) is 2.56. The molecule has 2 aromatic rings. The first-order chi connectivity index (χ1) is 10.3. The Morgan fingerprint density at radius 1 is 0.864 bits per heavy atom. The highest BCUT2D eigenvalue weighted by Gasteiger charge is 2.41. The number of fused-ring (bicyclic) bond motifs is 1. The quantitative estimate of drug-likeness (QED) is 0.589. The largest absolute Gasteiger partial charge is 0.416 e. The normalized spacial score (nSPS) is 15.3. The van der Waals surface area contributed by atoms with E-state index in [2.05, 4.69) is 0 Å². The lowest BCUT2D eigenvalue weighted by Gasteiger charge is -2.12. The lowest BCUT2D eigenvalue weighted by Crippen LogP contribution is -2.15. The van der Waals surface area contributed by atoms with Crippen LogP contribution in [0, 0.1) is 5.82 Å². The average molecular weight is 308 g/mol. The predicted octanol–water partition coefficient (Wildman–Crippen LogP) is 4.01. The van der Waals surface area contributed by atoms with Crippen molar-refractivity contribution in [2.75, 3.05) is 0 Å². The van der Waals surface area contributed by atoms with E-state index >= 15 is 0 Å². The van der Waals surface area contributed by atoms with Crippen LogP contribution in [-0.2, 0) is 6.18 Å². The summed E-state index contributed by atoms with van der Waals surface area (Å²) in [6, 6.07) is 7.84. The van der Waals surface area contributed by atoms with Crippen molar-refractivity contribution in [1.29, 1.82) is 0 Å². The summed E-state index contributed by atoms with van der Waals surface area (Å²) in [4.78, 5) is 24.5. The minimum atomic E-state index is -4.69. The molecule has 2 nitrogen and oxygen atoms in total. The number of benzene rings is 2. The van der Waals surface area contributed by atoms with Crippen molar-refractivity contribution in [3.63, 3.8) is 0 Å². The van der Waals surface area contributed by atoms with Gasteiger partial charge in [-0.2, -0.15) is 13.2 Å². The summed E-state index contributed by atoms with van der Waals surface area (Å²) in [5, 5.41) is 0. The molecule has 0 atom stereocenters. The van der Waals surface area contributed by atoms with E-state index < -0.39 is 35.0 Å². The molecule has 0 aromatic heterocycles. The second-order valence-electron chi connectivity index (χ2n) is 4.94. The smallest absolute Gasteiger partial charge is 0.293 e. The highest BCUT2D eigenvalue weighted by Crippen LogP contribution is 2.37. The Morgan fingerprint density at radius 3 is 1.86 bits per heavy atom. The van der Waals surface area contributed by atoms with Crippen LogP contribution in [0.25, 0.3) is 0 Å². The van der Waals surface area contributed by atoms with E-state index in [1.54, 1.807) is 12.1 Å². The molecule has 0 N–H and O–H groups in total. The van der Waals surface area contributed by atoms with Gasteiger partial charge in [0.2, 0.25) is 0 Å². The predicted molar refractivity (Wildman–Crippen MR) is 69.2 cm³/mol. The summed E-state index contributed by atoms with van der Waals surface area (Å²) in [6.45, 7) is 0. The van der Waals surface area contributed by atoms with Gasteiger partial charge in [-0.05, 0) is 12.1 Å². The molecule has 1 aliphatic rings. The first-order valence-electron chi connectivity index (χ1n) is 6.35. The minimum Gasteiger partial charge on any atom is -0.293 e. The average Bonchev–Trinajstić information content (AvgIpc) is 2.71. The van der Waals surface area contributed by atoms with Crippen molar-refractivity contribution in [2.45, 2.75) is 12.1 Å². The fourth-order valence-corrected chi connectivity index (χ4v) is 2.56. The monoisotopic (exact) mass is 308 g/mol. The molecular weight excluding hydrogens is 300 g/mol. The summed E-state index contributed by atoms with van der Waals surface area (Å²) in [6.07, 6.45) is -4.69. The number of Topliss-reactive ketones (excluding diaryl/α,β-unsaturated/α-hetero) is 2. The standard InChI is InChI=1S/C16H8F4O2/c17-12-7-8(16(18,19)20)5-6-11(12)13-14(21)9-3-1-2-4-10(9)15(13)22/h1-7,13H. The Morgan fingerprint density at radius 2 is 1.41 bits per heavy atom. The van der Waals surface area contributed by atoms with Gasteiger partial charge in [0.25, 0.3) is 0 Å². The zero-order chi connectivity index (χ0) is 16.1. The highest BCUT2D eigenvalue weighted by atomic mass is 19.4. The van der Waals surface area contributed by atoms with Crippen molar-refractivity contribution < 1.29 is 27.2 Å². The van der Waals surface area contributed by atoms with E-state index in [1.807, 2.05) is 0 Å². The van der Waals surface area contributed by atoms with E-state index in [9.17, 15) is 27.2 Å². The van der Waals surface area contributed by atoms with Crippen LogP contribution in [0.4, 0.5) is 17.6 Å². The van der Waals surface area contributed by atoms with Gasteiger partial charge in [0.1, 0.15) is 11.7 Å². The van der Waals surface area contributed by atoms with Crippen LogP contribution in [0.5, 0.6) is 0 Å². The molecule has 2 aromatic carbocycles. The van der Waals surface area contributed by atoms with Crippen molar-refractivity contribution in [1.82, 2.24) is 0 Å². The molecule has 112 valence electrons. The van der Waals surface area contributed by atoms with Crippen LogP contribution in [0.2, 0.25) is 0 Å². The van der Waals surface area contributed by atoms with Gasteiger partial charge < -0.3 is 0 Å². The Labute approximate surface area is 122 Å². The van der Waals surface area contributed by atoms with Gasteiger partial charge >= 0.3 is 6.18 Å². The number of carbonyl (C=O) groups is 2. The molecule has 0 heterocycles. The van der Waals surface area contributed by atoms with Crippen LogP contribution in [-0.4, -0.2) is 11.6 Å². The molecule has 3 rings (SSSR count). The number of hydrogen-bond acceptors (Lipinski definition) is 2. The number of carbonyl (C=O) groups excluding carboxylic acids is 2. The number of ketones is 2. The van der Waals surface area contributed by atoms with E-state index in [0.29, 0.717) is 12.1 Å². The molecule has 0 radical (unpaired) electrons. The third-order valence-electron chi connectivity index (χ3n) is 3.62. The molecule has 0 unspecified atom stereocenters. The zero-order valence-corrected chi connectivity index (χ0v) is 10.9. The fraction of sp³-hybridized carbons (Fsp3) is 0.125. The van der Waals surface area contributed by atoms with Gasteiger partial charge in [0, 0.05) is 16.7 Å². The number of alkyl halides is 3. The number of halogens is 4. The topological polar surface area (TPSA) is 34.1 Å². The molecule has 0 saturated heterocycles. The Hall–Kier alpha value is -2.50. The molecule has 0 fully saturated rings. The maximum absolute atomic E-state index is 14.0. The molecule has 0 aliphatic heterocycles. The Balaban J connectivity index is 2.07. The zero-order valence-electron chi connectivity index (χ0n) is 10.9. The molecule has 1 aliphatic carbocycles. The maximum Gasteiger partial charge on any atom is 0.416 e. The summed E-state index contributed by atoms with van der Waals surface area (Å²) >= 11 is 0. The minimum absolute atomic E-state index is 0.164. The molecule has 0 spiro atoms. The van der Waals surface area contributed by atoms with Gasteiger partial charge in [0.15, 0.2) is 11.6 Å². The summed E-state index contributed by atoms with van der Waals surface area (Å²) in [5.74, 6) is -3.83. The molecule has 22 heavy (non-hydrogen) atoms. The second-order valence-corrected chi connectivity index (χ2v) is 4.94. The molecular formula is C16H8F4O2. The molecule has 0 bridgehead atoms. The highest BCUT2D eigenvalue weighted by molar-refractivity contribution is 6.29. The van der Waals surface area contributed by atoms with Crippen LogP contribution < -0.4 is 0 Å². The lowest BCUT2D eigenvalue weighted by molar-refractivity contribution is -0.137. The van der Waals surface area contributed by atoms with E-state index in [4.69, 9.17) is 0 Å². The molecule has 0 amide bonds. The van der Waals surface area contributed by atoms with Gasteiger partial charge in [-0.25, -0.2) is 4.39 Å². The second kappa shape index (κ2) is 4.76. The first kappa shape index (κ1) is 14.4. The van der Waals surface area contributed by atoms with E-state index in [-0.39, 0.29) is 16.7 Å².